The largest absolute Gasteiger partial charge is 0.394 e. The molecule has 0 aromatic heterocycles. The molecule has 66 heavy (non-hydrogen) atoms. The zero-order valence-electron chi connectivity index (χ0n) is 37.6. The van der Waals surface area contributed by atoms with Crippen LogP contribution in [0.4, 0.5) is 0 Å². The van der Waals surface area contributed by atoms with E-state index in [1.165, 1.54) is 0 Å². The normalized spacial score (nSPS) is 15.4. The van der Waals surface area contributed by atoms with E-state index in [1.54, 1.807) is 27.7 Å². The first-order valence-corrected chi connectivity index (χ1v) is 22.8. The van der Waals surface area contributed by atoms with Gasteiger partial charge in [-0.25, -0.2) is 0 Å². The van der Waals surface area contributed by atoms with Gasteiger partial charge in [-0.05, 0) is 98.6 Å². The van der Waals surface area contributed by atoms with Gasteiger partial charge in [0.2, 0.25) is 0 Å². The van der Waals surface area contributed by atoms with Crippen molar-refractivity contribution in [2.24, 2.45) is 0 Å². The predicted molar refractivity (Wildman–Crippen MR) is 268 cm³/mol. The summed E-state index contributed by atoms with van der Waals surface area (Å²) < 4.78 is 14.5. The first kappa shape index (κ1) is 48.8. The van der Waals surface area contributed by atoms with E-state index in [-0.39, 0.29) is 33.9 Å². The molecule has 0 aliphatic carbocycles. The summed E-state index contributed by atoms with van der Waals surface area (Å²) in [5, 5.41) is 52.1. The van der Waals surface area contributed by atoms with Crippen molar-refractivity contribution in [3.63, 3.8) is 0 Å². The summed E-state index contributed by atoms with van der Waals surface area (Å²) in [6.07, 6.45) is -3.60. The van der Waals surface area contributed by atoms with Crippen LogP contribution in [0.15, 0.2) is 194 Å². The van der Waals surface area contributed by atoms with E-state index in [0.29, 0.717) is 28.0 Å². The minimum Gasteiger partial charge on any atom is -0.394 e. The fraction of sp³-hybridized carbons (Fsp3) is 0.207. The molecule has 0 unspecified atom stereocenters. The molecule has 1 fully saturated rings. The number of ether oxygens (including phenoxy) is 2. The topological polar surface area (TPSA) is 99.4 Å². The smallest absolute Gasteiger partial charge is 0.185 e. The van der Waals surface area contributed by atoms with E-state index in [4.69, 9.17) is 19.7 Å². The molecule has 0 amide bonds. The number of benzene rings is 9. The van der Waals surface area contributed by atoms with Gasteiger partial charge in [-0.1, -0.05) is 194 Å². The Bertz CT molecular complexity index is 2680. The third-order valence-electron chi connectivity index (χ3n) is 11.9. The van der Waals surface area contributed by atoms with Crippen molar-refractivity contribution >= 4 is 55.7 Å². The minimum absolute atomic E-state index is 0. The molecular weight excluding hydrogens is 873 g/mol. The monoisotopic (exact) mass is 928 g/mol. The molecular formula is C58H56O6STi. The van der Waals surface area contributed by atoms with Crippen molar-refractivity contribution in [3.8, 4) is 0 Å². The fourth-order valence-electron chi connectivity index (χ4n) is 9.15. The Morgan fingerprint density at radius 3 is 0.955 bits per heavy atom. The summed E-state index contributed by atoms with van der Waals surface area (Å²) in [6.45, 7) is 6.89. The predicted octanol–water partition coefficient (Wildman–Crippen LogP) is 12.2. The van der Waals surface area contributed by atoms with Gasteiger partial charge in [0.25, 0.3) is 0 Å². The van der Waals surface area contributed by atoms with Gasteiger partial charge in [0.1, 0.15) is 23.4 Å². The van der Waals surface area contributed by atoms with E-state index in [2.05, 4.69) is 61.2 Å². The quantitative estimate of drug-likeness (QED) is 0.0769. The third-order valence-corrected chi connectivity index (χ3v) is 12.2. The molecule has 9 aromatic carbocycles. The third kappa shape index (κ3) is 9.65. The van der Waals surface area contributed by atoms with Crippen molar-refractivity contribution in [3.05, 3.63) is 228 Å². The van der Waals surface area contributed by atoms with Crippen LogP contribution in [0.1, 0.15) is 67.4 Å². The molecule has 0 spiro atoms. The molecule has 1 aliphatic heterocycles. The average Bonchev–Trinajstić information content (AvgIpc) is 3.79. The number of aliphatic hydroxyl groups is 4. The average molecular weight is 929 g/mol. The Morgan fingerprint density at radius 1 is 0.424 bits per heavy atom. The standard InChI is InChI=1S/C52H40O4S.2C3H8O.Ti/c53-51(44-25-9-17-35-13-1-5-21-40(35)44,45-26-10-18-36-14-2-6-22-41(36)45)48-49(56-50(55-48)39-31-29-34(33-57)30-32-39)52(54,46-27-11-19-37-15-3-7-23-42(37)46)47-28-12-20-38-16-4-8-24-43(38)47;2*1-3(2)4;/h1-32,48-50,53-54,57H,33H2;2*3-4H,1-2H3;/t48-,49-;;;/m1.../s1. The first-order chi connectivity index (χ1) is 31.4. The van der Waals surface area contributed by atoms with Crippen LogP contribution in [-0.2, 0) is 48.1 Å². The molecule has 0 radical (unpaired) electrons. The number of aliphatic hydroxyl groups excluding tert-OH is 2. The summed E-state index contributed by atoms with van der Waals surface area (Å²) in [4.78, 5) is 0. The van der Waals surface area contributed by atoms with E-state index in [9.17, 15) is 10.2 Å². The van der Waals surface area contributed by atoms with E-state index in [0.717, 1.165) is 54.2 Å². The maximum absolute atomic E-state index is 14.3. The number of hydrogen-bond acceptors (Lipinski definition) is 7. The van der Waals surface area contributed by atoms with Crippen molar-refractivity contribution in [2.45, 2.75) is 75.4 Å². The van der Waals surface area contributed by atoms with Gasteiger partial charge in [0.05, 0.1) is 0 Å². The zero-order chi connectivity index (χ0) is 45.7. The number of hydrogen-bond donors (Lipinski definition) is 5. The van der Waals surface area contributed by atoms with Gasteiger partial charge < -0.3 is 29.9 Å². The van der Waals surface area contributed by atoms with Crippen LogP contribution in [0.25, 0.3) is 43.1 Å². The molecule has 8 heteroatoms. The van der Waals surface area contributed by atoms with E-state index >= 15 is 0 Å². The minimum atomic E-state index is -1.87. The zero-order valence-corrected chi connectivity index (χ0v) is 40.1. The summed E-state index contributed by atoms with van der Waals surface area (Å²) >= 11 is 4.51. The Morgan fingerprint density at radius 2 is 0.682 bits per heavy atom. The van der Waals surface area contributed by atoms with Crippen LogP contribution in [-0.4, -0.2) is 44.8 Å². The molecule has 0 saturated carbocycles. The second kappa shape index (κ2) is 21.2. The summed E-state index contributed by atoms with van der Waals surface area (Å²) in [5.41, 5.74) is 0.702. The molecule has 0 bridgehead atoms. The molecule has 1 saturated heterocycles. The maximum atomic E-state index is 14.3. The van der Waals surface area contributed by atoms with Gasteiger partial charge in [0, 0.05) is 45.2 Å². The Balaban J connectivity index is 0.000000669. The van der Waals surface area contributed by atoms with Gasteiger partial charge in [0.15, 0.2) is 6.29 Å². The number of fused-ring (bicyclic) bond motifs is 4. The van der Waals surface area contributed by atoms with Crippen molar-refractivity contribution < 1.29 is 51.6 Å². The SMILES string of the molecule is CC(C)O.CC(C)O.OC(c1cccc2ccccc12)(c1cccc2ccccc12)[C@@H]1OC(c2ccc(CS)cc2)O[C@H]1C(O)(c1cccc2ccccc12)c1cccc2ccccc12.[Ti]. The summed E-state index contributed by atoms with van der Waals surface area (Å²) in [7, 11) is 0. The van der Waals surface area contributed by atoms with Gasteiger partial charge in [-0.2, -0.15) is 12.6 Å². The molecule has 6 nitrogen and oxygen atoms in total. The number of thiol groups is 1. The Hall–Kier alpha value is -5.16. The fourth-order valence-corrected chi connectivity index (χ4v) is 9.36. The second-order valence-corrected chi connectivity index (χ2v) is 17.5. The van der Waals surface area contributed by atoms with Gasteiger partial charge in [-0.3, -0.25) is 0 Å². The van der Waals surface area contributed by atoms with E-state index in [1.807, 2.05) is 146 Å². The van der Waals surface area contributed by atoms with Crippen molar-refractivity contribution in [1.29, 1.82) is 0 Å². The first-order valence-electron chi connectivity index (χ1n) is 22.2. The maximum Gasteiger partial charge on any atom is 0.185 e. The van der Waals surface area contributed by atoms with Gasteiger partial charge in [-0.15, -0.1) is 0 Å². The molecule has 9 aromatic rings. The van der Waals surface area contributed by atoms with Crippen LogP contribution >= 0.6 is 12.6 Å². The van der Waals surface area contributed by atoms with Gasteiger partial charge >= 0.3 is 0 Å². The molecule has 1 aliphatic rings. The van der Waals surface area contributed by atoms with Crippen molar-refractivity contribution in [1.82, 2.24) is 0 Å². The van der Waals surface area contributed by atoms with Crippen LogP contribution in [0.3, 0.4) is 0 Å². The molecule has 334 valence electrons. The Kier molecular flexibility index (Phi) is 15.7. The molecule has 2 atom stereocenters. The molecule has 10 rings (SSSR count). The molecule has 1 heterocycles. The van der Waals surface area contributed by atoms with Crippen molar-refractivity contribution in [2.75, 3.05) is 0 Å². The van der Waals surface area contributed by atoms with Crippen LogP contribution in [0.2, 0.25) is 0 Å². The van der Waals surface area contributed by atoms with Crippen LogP contribution in [0, 0.1) is 0 Å². The molecule has 4 N–H and O–H groups in total. The Labute approximate surface area is 407 Å². The van der Waals surface area contributed by atoms with Crippen LogP contribution in [0.5, 0.6) is 0 Å². The summed E-state index contributed by atoms with van der Waals surface area (Å²) in [6, 6.07) is 64.5. The second-order valence-electron chi connectivity index (χ2n) is 17.2. The summed E-state index contributed by atoms with van der Waals surface area (Å²) in [5.74, 6) is 0.585. The van der Waals surface area contributed by atoms with Crippen LogP contribution < -0.4 is 0 Å². The van der Waals surface area contributed by atoms with E-state index < -0.39 is 29.7 Å². The number of rotatable bonds is 8.